The van der Waals surface area contributed by atoms with E-state index in [0.29, 0.717) is 6.61 Å². The van der Waals surface area contributed by atoms with Gasteiger partial charge < -0.3 is 4.74 Å². The Kier molecular flexibility index (Phi) is 7.27. The first-order chi connectivity index (χ1) is 15.4. The van der Waals surface area contributed by atoms with E-state index in [1.54, 1.807) is 0 Å². The van der Waals surface area contributed by atoms with Crippen molar-refractivity contribution in [3.63, 3.8) is 0 Å². The van der Waals surface area contributed by atoms with Crippen molar-refractivity contribution in [2.75, 3.05) is 0 Å². The molecule has 0 fully saturated rings. The van der Waals surface area contributed by atoms with Gasteiger partial charge in [0, 0.05) is 6.21 Å². The van der Waals surface area contributed by atoms with Crippen molar-refractivity contribution in [3.8, 4) is 5.75 Å². The van der Waals surface area contributed by atoms with Gasteiger partial charge in [0.15, 0.2) is 0 Å². The highest BCUT2D eigenvalue weighted by atomic mass is 16.5. The molecule has 4 aromatic rings. The van der Waals surface area contributed by atoms with Crippen molar-refractivity contribution in [1.29, 1.82) is 0 Å². The molecule has 0 saturated heterocycles. The van der Waals surface area contributed by atoms with Crippen molar-refractivity contribution >= 4 is 6.21 Å². The lowest BCUT2D eigenvalue weighted by Gasteiger charge is -2.13. The fraction of sp³-hybridized carbons (Fsp3) is 0.138. The standard InChI is InChI=1S/C29H27NO/c1-4-11-24(12-5-1)19-20-29(27-16-8-3-9-17-27)30-22-26-15-10-18-28(21-26)31-23-25-13-6-2-7-14-25/h1-18,21-22,29H,19-20,23H2/b30-22+. The second-order valence-corrected chi connectivity index (χ2v) is 7.58. The fourth-order valence-electron chi connectivity index (χ4n) is 3.55. The third-order valence-corrected chi connectivity index (χ3v) is 5.24. The van der Waals surface area contributed by atoms with E-state index in [-0.39, 0.29) is 6.04 Å². The second kappa shape index (κ2) is 10.9. The quantitative estimate of drug-likeness (QED) is 0.273. The predicted octanol–water partition coefficient (Wildman–Crippen LogP) is 7.06. The molecule has 0 N–H and O–H groups in total. The van der Waals surface area contributed by atoms with Crippen LogP contribution in [-0.4, -0.2) is 6.21 Å². The molecule has 2 nitrogen and oxygen atoms in total. The third kappa shape index (κ3) is 6.42. The molecule has 154 valence electrons. The van der Waals surface area contributed by atoms with Crippen LogP contribution in [-0.2, 0) is 13.0 Å². The Morgan fingerprint density at radius 2 is 1.32 bits per heavy atom. The number of aryl methyl sites for hydroxylation is 1. The highest BCUT2D eigenvalue weighted by Crippen LogP contribution is 2.24. The molecule has 0 spiro atoms. The van der Waals surface area contributed by atoms with Gasteiger partial charge in [0.1, 0.15) is 12.4 Å². The maximum absolute atomic E-state index is 5.97. The van der Waals surface area contributed by atoms with E-state index < -0.39 is 0 Å². The van der Waals surface area contributed by atoms with Gasteiger partial charge in [-0.1, -0.05) is 103 Å². The molecule has 31 heavy (non-hydrogen) atoms. The van der Waals surface area contributed by atoms with E-state index in [0.717, 1.165) is 29.7 Å². The average molecular weight is 406 g/mol. The molecule has 4 aromatic carbocycles. The van der Waals surface area contributed by atoms with Gasteiger partial charge in [0.05, 0.1) is 6.04 Å². The SMILES string of the molecule is C(=N\C(CCc1ccccc1)c1ccccc1)/c1cccc(OCc2ccccc2)c1. The highest BCUT2D eigenvalue weighted by Gasteiger charge is 2.09. The fourth-order valence-corrected chi connectivity index (χ4v) is 3.55. The molecule has 0 bridgehead atoms. The van der Waals surface area contributed by atoms with Crippen molar-refractivity contribution in [2.45, 2.75) is 25.5 Å². The summed E-state index contributed by atoms with van der Waals surface area (Å²) >= 11 is 0. The molecule has 2 heteroatoms. The lowest BCUT2D eigenvalue weighted by molar-refractivity contribution is 0.306. The molecule has 0 heterocycles. The molecule has 1 unspecified atom stereocenters. The van der Waals surface area contributed by atoms with Crippen molar-refractivity contribution < 1.29 is 4.74 Å². The summed E-state index contributed by atoms with van der Waals surface area (Å²) in [6, 6.07) is 39.6. The van der Waals surface area contributed by atoms with E-state index in [2.05, 4.69) is 78.9 Å². The number of rotatable bonds is 9. The molecular weight excluding hydrogens is 378 g/mol. The number of benzene rings is 4. The Hall–Kier alpha value is -3.65. The third-order valence-electron chi connectivity index (χ3n) is 5.24. The van der Waals surface area contributed by atoms with Crippen LogP contribution < -0.4 is 4.74 Å². The van der Waals surface area contributed by atoms with Crippen LogP contribution in [0.15, 0.2) is 120 Å². The van der Waals surface area contributed by atoms with Gasteiger partial charge in [-0.05, 0) is 47.2 Å². The number of aliphatic imine (C=N–C) groups is 1. The van der Waals surface area contributed by atoms with Gasteiger partial charge in [-0.3, -0.25) is 4.99 Å². The van der Waals surface area contributed by atoms with Gasteiger partial charge in [-0.25, -0.2) is 0 Å². The Labute approximate surface area is 184 Å². The number of hydrogen-bond donors (Lipinski definition) is 0. The van der Waals surface area contributed by atoms with Gasteiger partial charge in [0.25, 0.3) is 0 Å². The second-order valence-electron chi connectivity index (χ2n) is 7.58. The summed E-state index contributed by atoms with van der Waals surface area (Å²) in [5, 5.41) is 0. The Balaban J connectivity index is 1.45. The van der Waals surface area contributed by atoms with Gasteiger partial charge >= 0.3 is 0 Å². The van der Waals surface area contributed by atoms with Gasteiger partial charge in [-0.2, -0.15) is 0 Å². The molecule has 4 rings (SSSR count). The minimum atomic E-state index is 0.121. The van der Waals surface area contributed by atoms with Crippen molar-refractivity contribution in [2.24, 2.45) is 4.99 Å². The smallest absolute Gasteiger partial charge is 0.120 e. The first kappa shape index (κ1) is 20.6. The van der Waals surface area contributed by atoms with Crippen LogP contribution in [0.3, 0.4) is 0 Å². The van der Waals surface area contributed by atoms with Crippen molar-refractivity contribution in [3.05, 3.63) is 138 Å². The molecule has 0 aliphatic carbocycles. The first-order valence-electron chi connectivity index (χ1n) is 10.8. The molecule has 0 aliphatic rings. The summed E-state index contributed by atoms with van der Waals surface area (Å²) in [6.07, 6.45) is 3.94. The zero-order chi connectivity index (χ0) is 21.1. The predicted molar refractivity (Wildman–Crippen MR) is 129 cm³/mol. The first-order valence-corrected chi connectivity index (χ1v) is 10.8. The van der Waals surface area contributed by atoms with Gasteiger partial charge in [-0.15, -0.1) is 0 Å². The molecule has 1 atom stereocenters. The van der Waals surface area contributed by atoms with E-state index >= 15 is 0 Å². The molecule has 0 aliphatic heterocycles. The summed E-state index contributed by atoms with van der Waals surface area (Å²) in [6.45, 7) is 0.561. The van der Waals surface area contributed by atoms with Gasteiger partial charge in [0.2, 0.25) is 0 Å². The summed E-state index contributed by atoms with van der Waals surface area (Å²) in [5.74, 6) is 0.855. The molecule has 0 amide bonds. The van der Waals surface area contributed by atoms with E-state index in [1.165, 1.54) is 11.1 Å². The van der Waals surface area contributed by atoms with Crippen LogP contribution in [0.25, 0.3) is 0 Å². The van der Waals surface area contributed by atoms with Crippen LogP contribution in [0, 0.1) is 0 Å². The van der Waals surface area contributed by atoms with Crippen LogP contribution in [0.4, 0.5) is 0 Å². The maximum atomic E-state index is 5.97. The molecule has 0 aromatic heterocycles. The summed E-state index contributed by atoms with van der Waals surface area (Å²) < 4.78 is 5.97. The summed E-state index contributed by atoms with van der Waals surface area (Å²) in [5.41, 5.74) is 4.79. The summed E-state index contributed by atoms with van der Waals surface area (Å²) in [4.78, 5) is 4.96. The van der Waals surface area contributed by atoms with E-state index in [9.17, 15) is 0 Å². The topological polar surface area (TPSA) is 21.6 Å². The maximum Gasteiger partial charge on any atom is 0.120 e. The number of nitrogens with zero attached hydrogens (tertiary/aromatic N) is 1. The van der Waals surface area contributed by atoms with Crippen LogP contribution in [0.2, 0.25) is 0 Å². The average Bonchev–Trinajstić information content (AvgIpc) is 2.85. The Bertz CT molecular complexity index is 1080. The zero-order valence-corrected chi connectivity index (χ0v) is 17.6. The Morgan fingerprint density at radius 1 is 0.677 bits per heavy atom. The Morgan fingerprint density at radius 3 is 2.03 bits per heavy atom. The largest absolute Gasteiger partial charge is 0.489 e. The minimum Gasteiger partial charge on any atom is -0.489 e. The zero-order valence-electron chi connectivity index (χ0n) is 17.6. The van der Waals surface area contributed by atoms with Crippen LogP contribution in [0.5, 0.6) is 5.75 Å². The molecule has 0 radical (unpaired) electrons. The highest BCUT2D eigenvalue weighted by molar-refractivity contribution is 5.80. The normalized spacial score (nSPS) is 12.0. The lowest BCUT2D eigenvalue weighted by Crippen LogP contribution is -2.00. The summed E-state index contributed by atoms with van der Waals surface area (Å²) in [7, 11) is 0. The monoisotopic (exact) mass is 405 g/mol. The number of ether oxygens (including phenoxy) is 1. The number of hydrogen-bond acceptors (Lipinski definition) is 2. The van der Waals surface area contributed by atoms with E-state index in [4.69, 9.17) is 9.73 Å². The van der Waals surface area contributed by atoms with Crippen molar-refractivity contribution in [1.82, 2.24) is 0 Å². The minimum absolute atomic E-state index is 0.121. The van der Waals surface area contributed by atoms with Crippen LogP contribution in [0.1, 0.15) is 34.7 Å². The molecular formula is C29H27NO. The lowest BCUT2D eigenvalue weighted by atomic mass is 9.99. The molecule has 0 saturated carbocycles. The van der Waals surface area contributed by atoms with Crippen LogP contribution >= 0.6 is 0 Å². The van der Waals surface area contributed by atoms with E-state index in [1.807, 2.05) is 42.6 Å².